The van der Waals surface area contributed by atoms with Crippen molar-refractivity contribution in [3.63, 3.8) is 0 Å². The third-order valence-corrected chi connectivity index (χ3v) is 3.11. The van der Waals surface area contributed by atoms with E-state index in [0.29, 0.717) is 30.4 Å². The lowest BCUT2D eigenvalue weighted by Crippen LogP contribution is -2.48. The first-order chi connectivity index (χ1) is 9.60. The summed E-state index contributed by atoms with van der Waals surface area (Å²) in [4.78, 5) is 25.7. The van der Waals surface area contributed by atoms with Crippen molar-refractivity contribution in [1.82, 2.24) is 10.2 Å². The largest absolute Gasteiger partial charge is 0.341 e. The molecule has 1 atom stereocenters. The van der Waals surface area contributed by atoms with Gasteiger partial charge in [0.05, 0.1) is 0 Å². The highest BCUT2D eigenvalue weighted by atomic mass is 35.5. The third kappa shape index (κ3) is 5.02. The highest BCUT2D eigenvalue weighted by molar-refractivity contribution is 6.18. The number of amides is 2. The van der Waals surface area contributed by atoms with Crippen LogP contribution in [0.3, 0.4) is 0 Å². The number of halogens is 2. The maximum atomic E-state index is 12.2. The summed E-state index contributed by atoms with van der Waals surface area (Å²) in [6.07, 6.45) is 0. The smallest absolute Gasteiger partial charge is 0.251 e. The van der Waals surface area contributed by atoms with Crippen LogP contribution in [0.15, 0.2) is 30.3 Å². The van der Waals surface area contributed by atoms with Crippen molar-refractivity contribution >= 4 is 35.0 Å². The van der Waals surface area contributed by atoms with E-state index in [2.05, 4.69) is 5.32 Å². The first kappa shape index (κ1) is 16.8. The summed E-state index contributed by atoms with van der Waals surface area (Å²) in [7, 11) is 0. The quantitative estimate of drug-likeness (QED) is 0.783. The van der Waals surface area contributed by atoms with Gasteiger partial charge in [-0.3, -0.25) is 9.59 Å². The van der Waals surface area contributed by atoms with Crippen molar-refractivity contribution in [3.8, 4) is 0 Å². The molecule has 0 heterocycles. The van der Waals surface area contributed by atoms with Gasteiger partial charge in [0.25, 0.3) is 5.91 Å². The van der Waals surface area contributed by atoms with Crippen LogP contribution in [0.1, 0.15) is 17.3 Å². The van der Waals surface area contributed by atoms with Gasteiger partial charge in [-0.15, -0.1) is 23.2 Å². The lowest BCUT2D eigenvalue weighted by Gasteiger charge is -2.24. The van der Waals surface area contributed by atoms with E-state index in [1.807, 2.05) is 6.07 Å². The number of benzene rings is 1. The van der Waals surface area contributed by atoms with Gasteiger partial charge in [0.15, 0.2) is 0 Å². The molecule has 0 saturated carbocycles. The second-order valence-electron chi connectivity index (χ2n) is 4.26. The molecule has 1 N–H and O–H groups in total. The lowest BCUT2D eigenvalue weighted by atomic mass is 10.2. The monoisotopic (exact) mass is 316 g/mol. The molecule has 1 unspecified atom stereocenters. The van der Waals surface area contributed by atoms with Crippen molar-refractivity contribution in [3.05, 3.63) is 35.9 Å². The Labute approximate surface area is 129 Å². The number of hydrogen-bond donors (Lipinski definition) is 1. The van der Waals surface area contributed by atoms with Gasteiger partial charge in [0.2, 0.25) is 5.91 Å². The molecule has 20 heavy (non-hydrogen) atoms. The Bertz CT molecular complexity index is 434. The van der Waals surface area contributed by atoms with E-state index in [1.54, 1.807) is 36.1 Å². The van der Waals surface area contributed by atoms with Crippen molar-refractivity contribution in [2.75, 3.05) is 24.8 Å². The summed E-state index contributed by atoms with van der Waals surface area (Å²) < 4.78 is 0. The molecule has 2 amide bonds. The van der Waals surface area contributed by atoms with E-state index in [0.717, 1.165) is 0 Å². The Morgan fingerprint density at radius 2 is 1.70 bits per heavy atom. The minimum Gasteiger partial charge on any atom is -0.341 e. The van der Waals surface area contributed by atoms with Crippen LogP contribution >= 0.6 is 23.2 Å². The number of hydrogen-bond acceptors (Lipinski definition) is 2. The fourth-order valence-electron chi connectivity index (χ4n) is 1.74. The van der Waals surface area contributed by atoms with Gasteiger partial charge in [-0.2, -0.15) is 0 Å². The Morgan fingerprint density at radius 1 is 1.15 bits per heavy atom. The molecule has 0 aliphatic heterocycles. The topological polar surface area (TPSA) is 49.4 Å². The van der Waals surface area contributed by atoms with Crippen LogP contribution in [0.25, 0.3) is 0 Å². The standard InChI is InChI=1S/C14H18Cl2N2O2/c1-11(14(20)18(9-7-15)10-8-16)17-13(19)12-5-3-2-4-6-12/h2-6,11H,7-10H2,1H3,(H,17,19). The Balaban J connectivity index is 2.62. The van der Waals surface area contributed by atoms with Gasteiger partial charge >= 0.3 is 0 Å². The number of nitrogens with zero attached hydrogens (tertiary/aromatic N) is 1. The number of rotatable bonds is 7. The molecule has 0 aromatic heterocycles. The molecule has 1 rings (SSSR count). The number of carbonyl (C=O) groups excluding carboxylic acids is 2. The van der Waals surface area contributed by atoms with Crippen LogP contribution in [0.5, 0.6) is 0 Å². The normalized spacial score (nSPS) is 11.8. The summed E-state index contributed by atoms with van der Waals surface area (Å²) in [6, 6.07) is 8.15. The predicted octanol–water partition coefficient (Wildman–Crippen LogP) is 2.11. The molecule has 0 spiro atoms. The summed E-state index contributed by atoms with van der Waals surface area (Å²) in [6.45, 7) is 2.48. The predicted molar refractivity (Wildman–Crippen MR) is 81.4 cm³/mol. The summed E-state index contributed by atoms with van der Waals surface area (Å²) in [5.41, 5.74) is 0.522. The molecule has 0 aliphatic rings. The van der Waals surface area contributed by atoms with Crippen LogP contribution in [0.2, 0.25) is 0 Å². The number of carbonyl (C=O) groups is 2. The highest BCUT2D eigenvalue weighted by Crippen LogP contribution is 2.02. The SMILES string of the molecule is CC(NC(=O)c1ccccc1)C(=O)N(CCCl)CCCl. The van der Waals surface area contributed by atoms with E-state index in [1.165, 1.54) is 0 Å². The lowest BCUT2D eigenvalue weighted by molar-refractivity contribution is -0.132. The van der Waals surface area contributed by atoms with Crippen molar-refractivity contribution < 1.29 is 9.59 Å². The van der Waals surface area contributed by atoms with Crippen LogP contribution < -0.4 is 5.32 Å². The Kier molecular flexibility index (Phi) is 7.41. The van der Waals surface area contributed by atoms with E-state index in [9.17, 15) is 9.59 Å². The molecular formula is C14H18Cl2N2O2. The zero-order chi connectivity index (χ0) is 15.0. The minimum absolute atomic E-state index is 0.185. The van der Waals surface area contributed by atoms with Gasteiger partial charge in [-0.05, 0) is 19.1 Å². The van der Waals surface area contributed by atoms with E-state index >= 15 is 0 Å². The van der Waals surface area contributed by atoms with Gasteiger partial charge in [0.1, 0.15) is 6.04 Å². The Morgan fingerprint density at radius 3 is 2.20 bits per heavy atom. The molecule has 0 radical (unpaired) electrons. The maximum absolute atomic E-state index is 12.2. The van der Waals surface area contributed by atoms with Crippen LogP contribution in [0.4, 0.5) is 0 Å². The van der Waals surface area contributed by atoms with Gasteiger partial charge < -0.3 is 10.2 Å². The summed E-state index contributed by atoms with van der Waals surface area (Å²) in [5, 5.41) is 2.68. The van der Waals surface area contributed by atoms with Gasteiger partial charge in [-0.25, -0.2) is 0 Å². The molecule has 0 saturated heterocycles. The van der Waals surface area contributed by atoms with E-state index < -0.39 is 6.04 Å². The van der Waals surface area contributed by atoms with E-state index in [-0.39, 0.29) is 11.8 Å². The minimum atomic E-state index is -0.617. The average molecular weight is 317 g/mol. The van der Waals surface area contributed by atoms with Gasteiger partial charge in [0, 0.05) is 30.4 Å². The number of alkyl halides is 2. The maximum Gasteiger partial charge on any atom is 0.251 e. The van der Waals surface area contributed by atoms with Crippen LogP contribution in [-0.2, 0) is 4.79 Å². The molecule has 1 aromatic carbocycles. The van der Waals surface area contributed by atoms with E-state index in [4.69, 9.17) is 23.2 Å². The molecule has 0 bridgehead atoms. The molecule has 0 aliphatic carbocycles. The van der Waals surface area contributed by atoms with Crippen LogP contribution in [-0.4, -0.2) is 47.6 Å². The molecule has 0 fully saturated rings. The molecular weight excluding hydrogens is 299 g/mol. The summed E-state index contributed by atoms with van der Waals surface area (Å²) in [5.74, 6) is 0.211. The van der Waals surface area contributed by atoms with Crippen LogP contribution in [0, 0.1) is 0 Å². The van der Waals surface area contributed by atoms with Gasteiger partial charge in [-0.1, -0.05) is 18.2 Å². The van der Waals surface area contributed by atoms with Crippen molar-refractivity contribution in [2.24, 2.45) is 0 Å². The highest BCUT2D eigenvalue weighted by Gasteiger charge is 2.21. The molecule has 110 valence electrons. The molecule has 4 nitrogen and oxygen atoms in total. The first-order valence-electron chi connectivity index (χ1n) is 6.36. The molecule has 1 aromatic rings. The molecule has 6 heteroatoms. The second kappa shape index (κ2) is 8.82. The fourth-order valence-corrected chi connectivity index (χ4v) is 2.15. The zero-order valence-electron chi connectivity index (χ0n) is 11.3. The fraction of sp³-hybridized carbons (Fsp3) is 0.429. The first-order valence-corrected chi connectivity index (χ1v) is 7.43. The van der Waals surface area contributed by atoms with Crippen molar-refractivity contribution in [1.29, 1.82) is 0 Å². The number of nitrogens with one attached hydrogen (secondary N) is 1. The summed E-state index contributed by atoms with van der Waals surface area (Å²) >= 11 is 11.3. The average Bonchev–Trinajstić information content (AvgIpc) is 2.47. The third-order valence-electron chi connectivity index (χ3n) is 2.77. The second-order valence-corrected chi connectivity index (χ2v) is 5.02. The van der Waals surface area contributed by atoms with Crippen molar-refractivity contribution in [2.45, 2.75) is 13.0 Å². The Hall–Kier alpha value is -1.26. The zero-order valence-corrected chi connectivity index (χ0v) is 12.8.